The fourth-order valence-corrected chi connectivity index (χ4v) is 2.70. The number of carbonyl (C=O) groups excluding carboxylic acids is 2. The number of primary amides is 1. The van der Waals surface area contributed by atoms with E-state index in [4.69, 9.17) is 15.2 Å². The Balaban J connectivity index is 2.92. The number of methoxy groups -OCH3 is 1. The number of benzene rings is 1. The molecule has 1 aromatic rings. The van der Waals surface area contributed by atoms with Crippen molar-refractivity contribution in [3.8, 4) is 5.75 Å². The van der Waals surface area contributed by atoms with Crippen molar-refractivity contribution in [2.45, 2.75) is 59.5 Å². The zero-order valence-electron chi connectivity index (χ0n) is 16.8. The number of nitrogens with two attached hydrogens (primary N) is 1. The highest BCUT2D eigenvalue weighted by molar-refractivity contribution is 5.77. The molecule has 0 spiro atoms. The van der Waals surface area contributed by atoms with Gasteiger partial charge in [-0.05, 0) is 62.3 Å². The molecule has 2 amide bonds. The summed E-state index contributed by atoms with van der Waals surface area (Å²) >= 11 is 0. The van der Waals surface area contributed by atoms with Gasteiger partial charge in [0.1, 0.15) is 11.4 Å². The van der Waals surface area contributed by atoms with E-state index in [-0.39, 0.29) is 12.3 Å². The van der Waals surface area contributed by atoms with Gasteiger partial charge in [-0.1, -0.05) is 19.9 Å². The van der Waals surface area contributed by atoms with Crippen molar-refractivity contribution in [1.29, 1.82) is 0 Å². The van der Waals surface area contributed by atoms with E-state index in [1.165, 1.54) is 0 Å². The Kier molecular flexibility index (Phi) is 7.93. The maximum Gasteiger partial charge on any atom is 0.407 e. The van der Waals surface area contributed by atoms with Crippen molar-refractivity contribution in [2.24, 2.45) is 11.7 Å². The van der Waals surface area contributed by atoms with E-state index >= 15 is 0 Å². The Morgan fingerprint density at radius 1 is 1.15 bits per heavy atom. The van der Waals surface area contributed by atoms with Crippen molar-refractivity contribution in [3.63, 3.8) is 0 Å². The summed E-state index contributed by atoms with van der Waals surface area (Å²) in [6.45, 7) is 10.1. The third kappa shape index (κ3) is 7.76. The monoisotopic (exact) mass is 364 g/mol. The minimum Gasteiger partial charge on any atom is -0.496 e. The molecule has 26 heavy (non-hydrogen) atoms. The number of amides is 2. The van der Waals surface area contributed by atoms with Crippen molar-refractivity contribution >= 4 is 12.0 Å². The van der Waals surface area contributed by atoms with Crippen molar-refractivity contribution in [1.82, 2.24) is 5.32 Å². The molecule has 6 nitrogen and oxygen atoms in total. The number of hydrogen-bond acceptors (Lipinski definition) is 4. The molecule has 0 aliphatic rings. The molecule has 0 aliphatic heterocycles. The maximum atomic E-state index is 11.8. The summed E-state index contributed by atoms with van der Waals surface area (Å²) in [5.74, 6) is 0.837. The van der Waals surface area contributed by atoms with E-state index in [0.717, 1.165) is 28.9 Å². The Hall–Kier alpha value is -2.24. The lowest BCUT2D eigenvalue weighted by molar-refractivity contribution is -0.117. The molecular weight excluding hydrogens is 332 g/mol. The van der Waals surface area contributed by atoms with Crippen LogP contribution in [0.2, 0.25) is 0 Å². The van der Waals surface area contributed by atoms with Crippen LogP contribution in [-0.2, 0) is 28.8 Å². The summed E-state index contributed by atoms with van der Waals surface area (Å²) < 4.78 is 10.7. The zero-order valence-corrected chi connectivity index (χ0v) is 16.8. The van der Waals surface area contributed by atoms with Crippen LogP contribution in [0.4, 0.5) is 4.79 Å². The van der Waals surface area contributed by atoms with Crippen LogP contribution in [0.5, 0.6) is 5.75 Å². The normalized spacial score (nSPS) is 11.3. The molecular formula is C20H32N2O4. The molecule has 0 saturated carbocycles. The predicted octanol–water partition coefficient (Wildman–Crippen LogP) is 2.99. The van der Waals surface area contributed by atoms with Gasteiger partial charge in [-0.3, -0.25) is 4.79 Å². The molecule has 6 heteroatoms. The highest BCUT2D eigenvalue weighted by atomic mass is 16.6. The van der Waals surface area contributed by atoms with Gasteiger partial charge in [0.15, 0.2) is 0 Å². The molecule has 0 atom stereocenters. The standard InChI is InChI=1S/C20H32N2O4/c1-13(2)9-15-11-17(25-6)14(10-16(15)12-18(21)23)7-8-22-19(24)26-20(3,4)5/h10-11,13H,7-9,12H2,1-6H3,(H2,21,23)(H,22,24). The summed E-state index contributed by atoms with van der Waals surface area (Å²) in [4.78, 5) is 23.2. The Morgan fingerprint density at radius 3 is 2.31 bits per heavy atom. The SMILES string of the molecule is COc1cc(CC(C)C)c(CC(N)=O)cc1CCNC(=O)OC(C)(C)C. The highest BCUT2D eigenvalue weighted by Crippen LogP contribution is 2.26. The lowest BCUT2D eigenvalue weighted by Gasteiger charge is -2.20. The number of ether oxygens (including phenoxy) is 2. The molecule has 146 valence electrons. The summed E-state index contributed by atoms with van der Waals surface area (Å²) in [5.41, 5.74) is 7.78. The average Bonchev–Trinajstić information content (AvgIpc) is 2.46. The van der Waals surface area contributed by atoms with E-state index in [0.29, 0.717) is 18.9 Å². The van der Waals surface area contributed by atoms with E-state index in [2.05, 4.69) is 19.2 Å². The van der Waals surface area contributed by atoms with E-state index in [1.807, 2.05) is 32.9 Å². The first kappa shape index (κ1) is 21.8. The quantitative estimate of drug-likeness (QED) is 0.742. The van der Waals surface area contributed by atoms with Crippen LogP contribution in [0.1, 0.15) is 51.3 Å². The molecule has 0 bridgehead atoms. The van der Waals surface area contributed by atoms with E-state index < -0.39 is 11.7 Å². The average molecular weight is 364 g/mol. The minimum absolute atomic E-state index is 0.193. The highest BCUT2D eigenvalue weighted by Gasteiger charge is 2.17. The molecule has 1 rings (SSSR count). The van der Waals surface area contributed by atoms with Crippen molar-refractivity contribution in [3.05, 3.63) is 28.8 Å². The molecule has 1 aromatic carbocycles. The largest absolute Gasteiger partial charge is 0.496 e. The lowest BCUT2D eigenvalue weighted by Crippen LogP contribution is -2.33. The molecule has 0 fully saturated rings. The fourth-order valence-electron chi connectivity index (χ4n) is 2.70. The second-order valence-electron chi connectivity index (χ2n) is 7.85. The first-order valence-electron chi connectivity index (χ1n) is 8.95. The summed E-state index contributed by atoms with van der Waals surface area (Å²) in [7, 11) is 1.62. The summed E-state index contributed by atoms with van der Waals surface area (Å²) in [6, 6.07) is 3.93. The second kappa shape index (κ2) is 9.46. The lowest BCUT2D eigenvalue weighted by atomic mass is 9.93. The third-order valence-corrected chi connectivity index (χ3v) is 3.66. The van der Waals surface area contributed by atoms with Crippen molar-refractivity contribution in [2.75, 3.05) is 13.7 Å². The summed E-state index contributed by atoms with van der Waals surface area (Å²) in [6.07, 6.45) is 1.15. The maximum absolute atomic E-state index is 11.8. The van der Waals surface area contributed by atoms with Gasteiger partial charge in [0.2, 0.25) is 5.91 Å². The van der Waals surface area contributed by atoms with Gasteiger partial charge in [0.05, 0.1) is 13.5 Å². The number of alkyl carbamates (subject to hydrolysis) is 1. The van der Waals surface area contributed by atoms with Gasteiger partial charge in [0, 0.05) is 6.54 Å². The zero-order chi connectivity index (χ0) is 19.9. The van der Waals surface area contributed by atoms with Crippen LogP contribution in [0.15, 0.2) is 12.1 Å². The predicted molar refractivity (Wildman–Crippen MR) is 102 cm³/mol. The fraction of sp³-hybridized carbons (Fsp3) is 0.600. The second-order valence-corrected chi connectivity index (χ2v) is 7.85. The molecule has 0 radical (unpaired) electrons. The van der Waals surface area contributed by atoms with Crippen LogP contribution in [0.25, 0.3) is 0 Å². The van der Waals surface area contributed by atoms with Crippen LogP contribution >= 0.6 is 0 Å². The Morgan fingerprint density at radius 2 is 1.81 bits per heavy atom. The smallest absolute Gasteiger partial charge is 0.407 e. The minimum atomic E-state index is -0.533. The molecule has 3 N–H and O–H groups in total. The molecule has 0 heterocycles. The van der Waals surface area contributed by atoms with E-state index in [1.54, 1.807) is 7.11 Å². The third-order valence-electron chi connectivity index (χ3n) is 3.66. The van der Waals surface area contributed by atoms with Crippen LogP contribution in [0.3, 0.4) is 0 Å². The molecule has 0 unspecified atom stereocenters. The van der Waals surface area contributed by atoms with Crippen LogP contribution < -0.4 is 15.8 Å². The van der Waals surface area contributed by atoms with E-state index in [9.17, 15) is 9.59 Å². The van der Waals surface area contributed by atoms with Gasteiger partial charge < -0.3 is 20.5 Å². The topological polar surface area (TPSA) is 90.6 Å². The number of hydrogen-bond donors (Lipinski definition) is 2. The van der Waals surface area contributed by atoms with Gasteiger partial charge in [-0.15, -0.1) is 0 Å². The first-order valence-corrected chi connectivity index (χ1v) is 8.95. The number of carbonyl (C=O) groups is 2. The Bertz CT molecular complexity index is 633. The van der Waals surface area contributed by atoms with Crippen LogP contribution in [-0.4, -0.2) is 31.3 Å². The molecule has 0 aromatic heterocycles. The number of rotatable bonds is 8. The molecule has 0 aliphatic carbocycles. The Labute approximate surface area is 156 Å². The van der Waals surface area contributed by atoms with Gasteiger partial charge in [-0.2, -0.15) is 0 Å². The summed E-state index contributed by atoms with van der Waals surface area (Å²) in [5, 5.41) is 2.74. The van der Waals surface area contributed by atoms with Gasteiger partial charge in [0.25, 0.3) is 0 Å². The van der Waals surface area contributed by atoms with Gasteiger partial charge >= 0.3 is 6.09 Å². The van der Waals surface area contributed by atoms with Crippen LogP contribution in [0, 0.1) is 5.92 Å². The first-order chi connectivity index (χ1) is 12.0. The van der Waals surface area contributed by atoms with Gasteiger partial charge in [-0.25, -0.2) is 4.79 Å². The number of nitrogens with one attached hydrogen (secondary N) is 1. The van der Waals surface area contributed by atoms with Crippen molar-refractivity contribution < 1.29 is 19.1 Å². The molecule has 0 saturated heterocycles.